The van der Waals surface area contributed by atoms with Gasteiger partial charge in [-0.15, -0.1) is 0 Å². The molecule has 1 aliphatic rings. The standard InChI is InChI=1S/C29H37N3O4/c1-6-8-10-14-36-22-12-11-20(17-23(22)35-5)27-24-25(21-16-18(3)15-19(4)28(21)33)30-31-26(24)29(34)32(27)13-9-7-2/h11-12,15-17,27,33H,6-10,13-14H2,1-5H3,(H,30,31). The van der Waals surface area contributed by atoms with Crippen LogP contribution in [0.25, 0.3) is 11.3 Å². The number of hydrogen-bond donors (Lipinski definition) is 2. The second-order valence-electron chi connectivity index (χ2n) is 9.56. The molecule has 0 spiro atoms. The number of amides is 1. The quantitative estimate of drug-likeness (QED) is 0.306. The van der Waals surface area contributed by atoms with Gasteiger partial charge in [0, 0.05) is 17.7 Å². The molecule has 0 saturated heterocycles. The molecule has 1 atom stereocenters. The fraction of sp³-hybridized carbons (Fsp3) is 0.448. The molecule has 1 unspecified atom stereocenters. The molecule has 0 aliphatic carbocycles. The van der Waals surface area contributed by atoms with Crippen molar-refractivity contribution in [2.75, 3.05) is 20.3 Å². The van der Waals surface area contributed by atoms with Crippen LogP contribution in [0, 0.1) is 13.8 Å². The van der Waals surface area contributed by atoms with Crippen molar-refractivity contribution >= 4 is 5.91 Å². The number of fused-ring (bicyclic) bond motifs is 1. The normalized spacial score (nSPS) is 14.9. The number of unbranched alkanes of at least 4 members (excludes halogenated alkanes) is 3. The molecule has 2 heterocycles. The summed E-state index contributed by atoms with van der Waals surface area (Å²) in [4.78, 5) is 15.4. The van der Waals surface area contributed by atoms with Gasteiger partial charge in [0.1, 0.15) is 17.1 Å². The number of methoxy groups -OCH3 is 1. The second-order valence-corrected chi connectivity index (χ2v) is 9.56. The van der Waals surface area contributed by atoms with Gasteiger partial charge in [-0.2, -0.15) is 5.10 Å². The lowest BCUT2D eigenvalue weighted by atomic mass is 9.93. The number of carbonyl (C=O) groups is 1. The van der Waals surface area contributed by atoms with E-state index in [0.29, 0.717) is 41.6 Å². The van der Waals surface area contributed by atoms with Gasteiger partial charge in [0.25, 0.3) is 5.91 Å². The first kappa shape index (κ1) is 25.6. The number of hydrogen-bond acceptors (Lipinski definition) is 5. The summed E-state index contributed by atoms with van der Waals surface area (Å²) in [5.41, 5.74) is 5.21. The fourth-order valence-corrected chi connectivity index (χ4v) is 4.96. The van der Waals surface area contributed by atoms with E-state index in [2.05, 4.69) is 24.0 Å². The van der Waals surface area contributed by atoms with Gasteiger partial charge in [0.2, 0.25) is 0 Å². The molecule has 0 bridgehead atoms. The van der Waals surface area contributed by atoms with E-state index in [1.54, 1.807) is 7.11 Å². The van der Waals surface area contributed by atoms with Crippen molar-refractivity contribution in [3.05, 3.63) is 58.3 Å². The van der Waals surface area contributed by atoms with Crippen LogP contribution >= 0.6 is 0 Å². The molecule has 7 nitrogen and oxygen atoms in total. The van der Waals surface area contributed by atoms with Gasteiger partial charge in [0.15, 0.2) is 11.5 Å². The number of ether oxygens (including phenoxy) is 2. The zero-order valence-corrected chi connectivity index (χ0v) is 22.0. The summed E-state index contributed by atoms with van der Waals surface area (Å²) < 4.78 is 11.7. The molecule has 1 aliphatic heterocycles. The van der Waals surface area contributed by atoms with Crippen LogP contribution in [0.1, 0.15) is 84.7 Å². The van der Waals surface area contributed by atoms with Crippen LogP contribution in [0.3, 0.4) is 0 Å². The number of aromatic hydroxyl groups is 1. The molecule has 36 heavy (non-hydrogen) atoms. The average Bonchev–Trinajstić information content (AvgIpc) is 3.41. The number of rotatable bonds is 11. The average molecular weight is 492 g/mol. The minimum atomic E-state index is -0.351. The maximum absolute atomic E-state index is 13.5. The van der Waals surface area contributed by atoms with Crippen molar-refractivity contribution in [1.29, 1.82) is 0 Å². The summed E-state index contributed by atoms with van der Waals surface area (Å²) >= 11 is 0. The van der Waals surface area contributed by atoms with Crippen molar-refractivity contribution < 1.29 is 19.4 Å². The topological polar surface area (TPSA) is 87.7 Å². The highest BCUT2D eigenvalue weighted by Crippen LogP contribution is 2.46. The van der Waals surface area contributed by atoms with Crippen molar-refractivity contribution in [1.82, 2.24) is 15.1 Å². The Hall–Kier alpha value is -3.48. The van der Waals surface area contributed by atoms with E-state index in [1.165, 1.54) is 0 Å². The number of nitrogens with zero attached hydrogens (tertiary/aromatic N) is 2. The van der Waals surface area contributed by atoms with Gasteiger partial charge in [-0.25, -0.2) is 0 Å². The van der Waals surface area contributed by atoms with E-state index in [9.17, 15) is 9.90 Å². The lowest BCUT2D eigenvalue weighted by Gasteiger charge is -2.27. The first-order valence-corrected chi connectivity index (χ1v) is 12.9. The molecule has 0 saturated carbocycles. The fourth-order valence-electron chi connectivity index (χ4n) is 4.96. The Labute approximate surface area is 213 Å². The molecule has 0 fully saturated rings. The predicted molar refractivity (Wildman–Crippen MR) is 141 cm³/mol. The Bertz CT molecular complexity index is 1230. The molecular weight excluding hydrogens is 454 g/mol. The van der Waals surface area contributed by atoms with E-state index in [0.717, 1.165) is 54.4 Å². The number of aromatic amines is 1. The molecule has 0 radical (unpaired) electrons. The van der Waals surface area contributed by atoms with E-state index in [-0.39, 0.29) is 17.7 Å². The number of phenolic OH excluding ortho intramolecular Hbond substituents is 1. The van der Waals surface area contributed by atoms with Crippen molar-refractivity contribution in [3.63, 3.8) is 0 Å². The Balaban J connectivity index is 1.80. The number of H-pyrrole nitrogens is 1. The van der Waals surface area contributed by atoms with E-state index in [4.69, 9.17) is 9.47 Å². The van der Waals surface area contributed by atoms with Crippen LogP contribution in [0.15, 0.2) is 30.3 Å². The molecule has 7 heteroatoms. The van der Waals surface area contributed by atoms with Crippen LogP contribution in [-0.2, 0) is 0 Å². The molecule has 4 rings (SSSR count). The van der Waals surface area contributed by atoms with Crippen LogP contribution in [-0.4, -0.2) is 46.4 Å². The molecule has 3 aromatic rings. The molecule has 1 amide bonds. The number of aryl methyl sites for hydroxylation is 2. The Morgan fingerprint density at radius 1 is 1.06 bits per heavy atom. The smallest absolute Gasteiger partial charge is 0.273 e. The van der Waals surface area contributed by atoms with Crippen molar-refractivity contribution in [3.8, 4) is 28.5 Å². The Kier molecular flexibility index (Phi) is 7.87. The third-order valence-corrected chi connectivity index (χ3v) is 6.83. The number of aromatic nitrogens is 2. The predicted octanol–water partition coefficient (Wildman–Crippen LogP) is 6.32. The van der Waals surface area contributed by atoms with E-state index in [1.807, 2.05) is 49.1 Å². The maximum atomic E-state index is 13.5. The summed E-state index contributed by atoms with van der Waals surface area (Å²) in [6, 6.07) is 9.39. The maximum Gasteiger partial charge on any atom is 0.273 e. The Morgan fingerprint density at radius 2 is 1.83 bits per heavy atom. The summed E-state index contributed by atoms with van der Waals surface area (Å²) in [6.45, 7) is 9.40. The number of phenols is 1. The van der Waals surface area contributed by atoms with Crippen molar-refractivity contribution in [2.24, 2.45) is 0 Å². The number of benzene rings is 2. The van der Waals surface area contributed by atoms with Gasteiger partial charge in [-0.05, 0) is 61.6 Å². The molecule has 2 aromatic carbocycles. The first-order chi connectivity index (χ1) is 17.4. The first-order valence-electron chi connectivity index (χ1n) is 12.9. The third-order valence-electron chi connectivity index (χ3n) is 6.83. The molecule has 1 aromatic heterocycles. The van der Waals surface area contributed by atoms with Gasteiger partial charge in [-0.3, -0.25) is 9.89 Å². The highest BCUT2D eigenvalue weighted by molar-refractivity contribution is 6.00. The second kappa shape index (κ2) is 11.1. The van der Waals surface area contributed by atoms with Crippen LogP contribution in [0.4, 0.5) is 0 Å². The molecule has 2 N–H and O–H groups in total. The highest BCUT2D eigenvalue weighted by Gasteiger charge is 2.42. The number of nitrogens with one attached hydrogen (secondary N) is 1. The monoisotopic (exact) mass is 491 g/mol. The van der Waals surface area contributed by atoms with Gasteiger partial charge < -0.3 is 19.5 Å². The molecule has 192 valence electrons. The largest absolute Gasteiger partial charge is 0.507 e. The van der Waals surface area contributed by atoms with Crippen LogP contribution in [0.5, 0.6) is 17.2 Å². The summed E-state index contributed by atoms with van der Waals surface area (Å²) in [5.74, 6) is 1.44. The van der Waals surface area contributed by atoms with Crippen molar-refractivity contribution in [2.45, 2.75) is 65.8 Å². The van der Waals surface area contributed by atoms with Gasteiger partial charge in [-0.1, -0.05) is 45.2 Å². The van der Waals surface area contributed by atoms with Crippen LogP contribution < -0.4 is 9.47 Å². The van der Waals surface area contributed by atoms with Gasteiger partial charge in [0.05, 0.1) is 19.8 Å². The lowest BCUT2D eigenvalue weighted by molar-refractivity contribution is 0.0741. The molecular formula is C29H37N3O4. The summed E-state index contributed by atoms with van der Waals surface area (Å²) in [7, 11) is 1.63. The minimum Gasteiger partial charge on any atom is -0.507 e. The third kappa shape index (κ3) is 4.79. The zero-order valence-electron chi connectivity index (χ0n) is 22.0. The highest BCUT2D eigenvalue weighted by atomic mass is 16.5. The lowest BCUT2D eigenvalue weighted by Crippen LogP contribution is -2.30. The number of carbonyl (C=O) groups excluding carboxylic acids is 1. The SMILES string of the molecule is CCCCCOc1ccc(C2c3c(-c4cc(C)cc(C)c4O)n[nH]c3C(=O)N2CCCC)cc1OC. The van der Waals surface area contributed by atoms with Gasteiger partial charge >= 0.3 is 0 Å². The zero-order chi connectivity index (χ0) is 25.8. The Morgan fingerprint density at radius 3 is 2.56 bits per heavy atom. The van der Waals surface area contributed by atoms with E-state index < -0.39 is 0 Å². The minimum absolute atomic E-state index is 0.0788. The van der Waals surface area contributed by atoms with Crippen LogP contribution in [0.2, 0.25) is 0 Å². The van der Waals surface area contributed by atoms with E-state index >= 15 is 0 Å². The summed E-state index contributed by atoms with van der Waals surface area (Å²) in [5, 5.41) is 18.4. The summed E-state index contributed by atoms with van der Waals surface area (Å²) in [6.07, 6.45) is 5.11.